The van der Waals surface area contributed by atoms with E-state index >= 15 is 0 Å². The Hall–Kier alpha value is -3.03. The first-order chi connectivity index (χ1) is 12.3. The zero-order valence-electron chi connectivity index (χ0n) is 13.9. The number of nitrogens with one attached hydrogen (secondary N) is 2. The average Bonchev–Trinajstić information content (AvgIpc) is 2.56. The lowest BCUT2D eigenvalue weighted by atomic mass is 10.1. The zero-order valence-corrected chi connectivity index (χ0v) is 13.9. The van der Waals surface area contributed by atoms with E-state index in [4.69, 9.17) is 0 Å². The van der Waals surface area contributed by atoms with E-state index in [-0.39, 0.29) is 18.7 Å². The monoisotopic (exact) mass is 366 g/mol. The molecule has 5 nitrogen and oxygen atoms in total. The molecule has 8 heteroatoms. The first kappa shape index (κ1) is 19.3. The number of carbonyl (C=O) groups is 2. The van der Waals surface area contributed by atoms with Crippen LogP contribution < -0.4 is 15.4 Å². The highest BCUT2D eigenvalue weighted by molar-refractivity contribution is 5.95. The highest BCUT2D eigenvalue weighted by atomic mass is 19.3. The number of carbonyl (C=O) groups excluding carboxylic acids is 2. The van der Waals surface area contributed by atoms with Crippen LogP contribution in [0.25, 0.3) is 0 Å². The Bertz CT molecular complexity index is 797. The molecular weight excluding hydrogens is 349 g/mol. The van der Waals surface area contributed by atoms with Crippen molar-refractivity contribution in [1.82, 2.24) is 5.32 Å². The Morgan fingerprint density at radius 1 is 1.12 bits per heavy atom. The lowest BCUT2D eigenvalue weighted by molar-refractivity contribution is -0.123. The van der Waals surface area contributed by atoms with E-state index in [0.29, 0.717) is 16.8 Å². The standard InChI is InChI=1S/C18H17F3N2O3/c1-11-14(6-3-7-15(11)26-18(20)21)23-17(25)10-22-16(24)9-12-4-2-5-13(19)8-12/h2-8,18H,9-10H2,1H3,(H,22,24)(H,23,25). The number of alkyl halides is 2. The predicted octanol–water partition coefficient (Wildman–Crippen LogP) is 3.03. The summed E-state index contributed by atoms with van der Waals surface area (Å²) in [5.74, 6) is -1.48. The largest absolute Gasteiger partial charge is 0.434 e. The third-order valence-electron chi connectivity index (χ3n) is 3.47. The maximum atomic E-state index is 13.1. The van der Waals surface area contributed by atoms with Crippen molar-refractivity contribution in [3.05, 3.63) is 59.4 Å². The minimum atomic E-state index is -2.97. The minimum Gasteiger partial charge on any atom is -0.434 e. The molecule has 0 fully saturated rings. The quantitative estimate of drug-likeness (QED) is 0.792. The molecule has 2 aromatic carbocycles. The maximum Gasteiger partial charge on any atom is 0.387 e. The summed E-state index contributed by atoms with van der Waals surface area (Å²) in [6.07, 6.45) is -0.0677. The number of rotatable bonds is 7. The van der Waals surface area contributed by atoms with E-state index in [2.05, 4.69) is 15.4 Å². The molecule has 0 aliphatic carbocycles. The second-order valence-electron chi connectivity index (χ2n) is 5.44. The SMILES string of the molecule is Cc1c(NC(=O)CNC(=O)Cc2cccc(F)c2)cccc1OC(F)F. The summed E-state index contributed by atoms with van der Waals surface area (Å²) in [4.78, 5) is 23.7. The Labute approximate surface area is 148 Å². The van der Waals surface area contributed by atoms with Crippen molar-refractivity contribution in [2.45, 2.75) is 20.0 Å². The van der Waals surface area contributed by atoms with Gasteiger partial charge in [0.2, 0.25) is 11.8 Å². The van der Waals surface area contributed by atoms with Crippen molar-refractivity contribution in [3.8, 4) is 5.75 Å². The lowest BCUT2D eigenvalue weighted by Gasteiger charge is -2.13. The zero-order chi connectivity index (χ0) is 19.1. The molecule has 0 heterocycles. The summed E-state index contributed by atoms with van der Waals surface area (Å²) in [7, 11) is 0. The van der Waals surface area contributed by atoms with Crippen molar-refractivity contribution < 1.29 is 27.5 Å². The van der Waals surface area contributed by atoms with Gasteiger partial charge in [0.15, 0.2) is 0 Å². The van der Waals surface area contributed by atoms with Crippen molar-refractivity contribution in [2.24, 2.45) is 0 Å². The topological polar surface area (TPSA) is 67.4 Å². The van der Waals surface area contributed by atoms with Gasteiger partial charge < -0.3 is 15.4 Å². The number of hydrogen-bond donors (Lipinski definition) is 2. The van der Waals surface area contributed by atoms with E-state index in [0.717, 1.165) is 0 Å². The average molecular weight is 366 g/mol. The molecule has 2 aromatic rings. The number of ether oxygens (including phenoxy) is 1. The summed E-state index contributed by atoms with van der Waals surface area (Å²) >= 11 is 0. The summed E-state index contributed by atoms with van der Waals surface area (Å²) in [5, 5.41) is 4.93. The van der Waals surface area contributed by atoms with Crippen LogP contribution in [-0.4, -0.2) is 25.0 Å². The molecule has 0 saturated heterocycles. The van der Waals surface area contributed by atoms with Gasteiger partial charge in [0.25, 0.3) is 0 Å². The Morgan fingerprint density at radius 3 is 2.54 bits per heavy atom. The van der Waals surface area contributed by atoms with Crippen LogP contribution in [-0.2, 0) is 16.0 Å². The third kappa shape index (κ3) is 5.80. The number of hydrogen-bond acceptors (Lipinski definition) is 3. The molecule has 0 bridgehead atoms. The van der Waals surface area contributed by atoms with Crippen molar-refractivity contribution >= 4 is 17.5 Å². The molecule has 2 N–H and O–H groups in total. The van der Waals surface area contributed by atoms with Gasteiger partial charge in [-0.15, -0.1) is 0 Å². The first-order valence-electron chi connectivity index (χ1n) is 7.70. The van der Waals surface area contributed by atoms with Crippen LogP contribution in [0, 0.1) is 12.7 Å². The molecule has 0 atom stereocenters. The van der Waals surface area contributed by atoms with Gasteiger partial charge >= 0.3 is 6.61 Å². The van der Waals surface area contributed by atoms with Crippen LogP contribution in [0.1, 0.15) is 11.1 Å². The fraction of sp³-hybridized carbons (Fsp3) is 0.222. The van der Waals surface area contributed by atoms with Crippen LogP contribution in [0.5, 0.6) is 5.75 Å². The van der Waals surface area contributed by atoms with Crippen LogP contribution in [0.2, 0.25) is 0 Å². The molecule has 0 unspecified atom stereocenters. The first-order valence-corrected chi connectivity index (χ1v) is 7.70. The molecule has 138 valence electrons. The second-order valence-corrected chi connectivity index (χ2v) is 5.44. The highest BCUT2D eigenvalue weighted by Crippen LogP contribution is 2.26. The lowest BCUT2D eigenvalue weighted by Crippen LogP contribution is -2.33. The highest BCUT2D eigenvalue weighted by Gasteiger charge is 2.12. The van der Waals surface area contributed by atoms with Crippen molar-refractivity contribution in [2.75, 3.05) is 11.9 Å². The summed E-state index contributed by atoms with van der Waals surface area (Å²) in [6.45, 7) is -1.76. The van der Waals surface area contributed by atoms with E-state index in [1.54, 1.807) is 6.07 Å². The van der Waals surface area contributed by atoms with Gasteiger partial charge in [-0.3, -0.25) is 9.59 Å². The fourth-order valence-electron chi connectivity index (χ4n) is 2.24. The molecule has 0 saturated carbocycles. The molecule has 0 spiro atoms. The summed E-state index contributed by atoms with van der Waals surface area (Å²) in [6, 6.07) is 9.93. The number of halogens is 3. The van der Waals surface area contributed by atoms with Crippen molar-refractivity contribution in [3.63, 3.8) is 0 Å². The third-order valence-corrected chi connectivity index (χ3v) is 3.47. The minimum absolute atomic E-state index is 0.0482. The molecular formula is C18H17F3N2O3. The van der Waals surface area contributed by atoms with Gasteiger partial charge in [0.1, 0.15) is 11.6 Å². The molecule has 0 aliphatic rings. The second kappa shape index (κ2) is 8.89. The molecule has 0 aromatic heterocycles. The van der Waals surface area contributed by atoms with Crippen LogP contribution in [0.15, 0.2) is 42.5 Å². The smallest absolute Gasteiger partial charge is 0.387 e. The van der Waals surface area contributed by atoms with Crippen LogP contribution in [0.4, 0.5) is 18.9 Å². The Balaban J connectivity index is 1.88. The van der Waals surface area contributed by atoms with Gasteiger partial charge in [0, 0.05) is 11.3 Å². The Kier molecular flexibility index (Phi) is 6.60. The molecule has 26 heavy (non-hydrogen) atoms. The molecule has 0 aliphatic heterocycles. The number of anilines is 1. The number of benzene rings is 2. The van der Waals surface area contributed by atoms with Gasteiger partial charge in [-0.1, -0.05) is 18.2 Å². The fourth-order valence-corrected chi connectivity index (χ4v) is 2.24. The summed E-state index contributed by atoms with van der Waals surface area (Å²) < 4.78 is 42.1. The van der Waals surface area contributed by atoms with Crippen molar-refractivity contribution in [1.29, 1.82) is 0 Å². The van der Waals surface area contributed by atoms with Crippen LogP contribution >= 0.6 is 0 Å². The van der Waals surface area contributed by atoms with Gasteiger partial charge in [-0.25, -0.2) is 4.39 Å². The molecule has 2 rings (SSSR count). The predicted molar refractivity (Wildman–Crippen MR) is 89.6 cm³/mol. The number of amides is 2. The van der Waals surface area contributed by atoms with E-state index < -0.39 is 24.2 Å². The van der Waals surface area contributed by atoms with E-state index in [1.807, 2.05) is 0 Å². The Morgan fingerprint density at radius 2 is 1.85 bits per heavy atom. The van der Waals surface area contributed by atoms with E-state index in [9.17, 15) is 22.8 Å². The summed E-state index contributed by atoms with van der Waals surface area (Å²) in [5.41, 5.74) is 1.12. The van der Waals surface area contributed by atoms with Crippen LogP contribution in [0.3, 0.4) is 0 Å². The normalized spacial score (nSPS) is 10.5. The molecule has 0 radical (unpaired) electrons. The maximum absolute atomic E-state index is 13.1. The van der Waals surface area contributed by atoms with E-state index in [1.165, 1.54) is 43.3 Å². The van der Waals surface area contributed by atoms with Gasteiger partial charge in [0.05, 0.1) is 13.0 Å². The molecule has 2 amide bonds. The van der Waals surface area contributed by atoms with Gasteiger partial charge in [-0.2, -0.15) is 8.78 Å². The van der Waals surface area contributed by atoms with Gasteiger partial charge in [-0.05, 0) is 36.8 Å².